The standard InChI is InChI=1S/C18H18FN5O/c19-14-2-1-3-15-16(14)22-17(24(15)13-4-5-13)12-10-20-18(21-11-12)23-6-8-25-9-7-23/h1-3,10-11,13H,4-9H2. The third kappa shape index (κ3) is 2.55. The maximum absolute atomic E-state index is 14.2. The number of benzene rings is 1. The van der Waals surface area contributed by atoms with Gasteiger partial charge in [-0.05, 0) is 25.0 Å². The molecule has 7 heteroatoms. The van der Waals surface area contributed by atoms with E-state index in [0.29, 0.717) is 30.7 Å². The quantitative estimate of drug-likeness (QED) is 0.734. The third-order valence-electron chi connectivity index (χ3n) is 4.77. The Balaban J connectivity index is 1.56. The number of morpholine rings is 1. The highest BCUT2D eigenvalue weighted by Gasteiger charge is 2.29. The molecule has 0 bridgehead atoms. The number of hydrogen-bond acceptors (Lipinski definition) is 5. The molecule has 2 aromatic heterocycles. The van der Waals surface area contributed by atoms with E-state index < -0.39 is 0 Å². The molecule has 0 amide bonds. The second-order valence-corrected chi connectivity index (χ2v) is 6.52. The first kappa shape index (κ1) is 14.8. The molecule has 3 aromatic rings. The number of aromatic nitrogens is 4. The van der Waals surface area contributed by atoms with Crippen LogP contribution in [0.4, 0.5) is 10.3 Å². The Labute approximate surface area is 144 Å². The van der Waals surface area contributed by atoms with E-state index in [9.17, 15) is 4.39 Å². The Morgan fingerprint density at radius 2 is 1.84 bits per heavy atom. The molecule has 0 radical (unpaired) electrons. The Kier molecular flexibility index (Phi) is 3.41. The van der Waals surface area contributed by atoms with Gasteiger partial charge in [-0.25, -0.2) is 19.3 Å². The number of para-hydroxylation sites is 1. The van der Waals surface area contributed by atoms with Crippen LogP contribution in [0.25, 0.3) is 22.4 Å². The van der Waals surface area contributed by atoms with E-state index in [1.807, 2.05) is 6.07 Å². The summed E-state index contributed by atoms with van der Waals surface area (Å²) in [5.74, 6) is 1.16. The lowest BCUT2D eigenvalue weighted by Crippen LogP contribution is -2.37. The van der Waals surface area contributed by atoms with Gasteiger partial charge >= 0.3 is 0 Å². The molecule has 128 valence electrons. The minimum absolute atomic E-state index is 0.288. The number of halogens is 1. The van der Waals surface area contributed by atoms with Crippen molar-refractivity contribution in [1.82, 2.24) is 19.5 Å². The van der Waals surface area contributed by atoms with Gasteiger partial charge < -0.3 is 14.2 Å². The fraction of sp³-hybridized carbons (Fsp3) is 0.389. The van der Waals surface area contributed by atoms with Gasteiger partial charge in [-0.2, -0.15) is 0 Å². The van der Waals surface area contributed by atoms with Gasteiger partial charge in [0.2, 0.25) is 5.95 Å². The summed E-state index contributed by atoms with van der Waals surface area (Å²) >= 11 is 0. The molecular weight excluding hydrogens is 321 g/mol. The molecule has 3 heterocycles. The van der Waals surface area contributed by atoms with Crippen molar-refractivity contribution in [3.05, 3.63) is 36.4 Å². The van der Waals surface area contributed by atoms with E-state index in [1.165, 1.54) is 6.07 Å². The van der Waals surface area contributed by atoms with Gasteiger partial charge in [0, 0.05) is 31.5 Å². The van der Waals surface area contributed by atoms with Gasteiger partial charge in [0.25, 0.3) is 0 Å². The van der Waals surface area contributed by atoms with Gasteiger partial charge in [-0.15, -0.1) is 0 Å². The van der Waals surface area contributed by atoms with E-state index >= 15 is 0 Å². The zero-order valence-corrected chi connectivity index (χ0v) is 13.7. The molecule has 0 N–H and O–H groups in total. The number of hydrogen-bond donors (Lipinski definition) is 0. The topological polar surface area (TPSA) is 56.1 Å². The first-order chi connectivity index (χ1) is 12.3. The largest absolute Gasteiger partial charge is 0.378 e. The normalized spacial score (nSPS) is 18.0. The summed E-state index contributed by atoms with van der Waals surface area (Å²) < 4.78 is 21.7. The van der Waals surface area contributed by atoms with E-state index in [-0.39, 0.29) is 5.82 Å². The number of anilines is 1. The highest BCUT2D eigenvalue weighted by atomic mass is 19.1. The van der Waals surface area contributed by atoms with Crippen LogP contribution >= 0.6 is 0 Å². The molecule has 6 nitrogen and oxygen atoms in total. The summed E-state index contributed by atoms with van der Waals surface area (Å²) in [6.45, 7) is 2.99. The van der Waals surface area contributed by atoms with Crippen LogP contribution in [0.1, 0.15) is 18.9 Å². The van der Waals surface area contributed by atoms with Crippen LogP contribution in [0, 0.1) is 5.82 Å². The van der Waals surface area contributed by atoms with Gasteiger partial charge in [0.05, 0.1) is 24.3 Å². The van der Waals surface area contributed by atoms with Crippen molar-refractivity contribution in [1.29, 1.82) is 0 Å². The number of ether oxygens (including phenoxy) is 1. The summed E-state index contributed by atoms with van der Waals surface area (Å²) in [6.07, 6.45) is 5.77. The fourth-order valence-electron chi connectivity index (χ4n) is 3.35. The summed E-state index contributed by atoms with van der Waals surface area (Å²) in [4.78, 5) is 15.7. The smallest absolute Gasteiger partial charge is 0.225 e. The first-order valence-electron chi connectivity index (χ1n) is 8.63. The zero-order chi connectivity index (χ0) is 16.8. The van der Waals surface area contributed by atoms with Crippen molar-refractivity contribution in [2.45, 2.75) is 18.9 Å². The van der Waals surface area contributed by atoms with Crippen LogP contribution in [0.15, 0.2) is 30.6 Å². The fourth-order valence-corrected chi connectivity index (χ4v) is 3.35. The average molecular weight is 339 g/mol. The SMILES string of the molecule is Fc1cccc2c1nc(-c1cnc(N3CCOCC3)nc1)n2C1CC1. The lowest BCUT2D eigenvalue weighted by molar-refractivity contribution is 0.122. The van der Waals surface area contributed by atoms with E-state index in [1.54, 1.807) is 18.5 Å². The molecule has 2 fully saturated rings. The second kappa shape index (κ2) is 5.77. The van der Waals surface area contributed by atoms with Crippen molar-refractivity contribution in [2.24, 2.45) is 0 Å². The van der Waals surface area contributed by atoms with Gasteiger partial charge in [0.1, 0.15) is 11.3 Å². The predicted octanol–water partition coefficient (Wildman–Crippen LogP) is 2.80. The van der Waals surface area contributed by atoms with Gasteiger partial charge in [0.15, 0.2) is 5.82 Å². The minimum Gasteiger partial charge on any atom is -0.378 e. The number of imidazole rings is 1. The Morgan fingerprint density at radius 1 is 1.08 bits per heavy atom. The van der Waals surface area contributed by atoms with E-state index in [2.05, 4.69) is 24.4 Å². The molecule has 1 saturated carbocycles. The van der Waals surface area contributed by atoms with Crippen LogP contribution in [0.5, 0.6) is 0 Å². The van der Waals surface area contributed by atoms with Crippen LogP contribution in [0.2, 0.25) is 0 Å². The van der Waals surface area contributed by atoms with E-state index in [4.69, 9.17) is 4.74 Å². The summed E-state index contributed by atoms with van der Waals surface area (Å²) in [5, 5.41) is 0. The molecule has 25 heavy (non-hydrogen) atoms. The van der Waals surface area contributed by atoms with Crippen LogP contribution < -0.4 is 4.90 Å². The van der Waals surface area contributed by atoms with Crippen LogP contribution in [-0.2, 0) is 4.74 Å². The molecule has 0 unspecified atom stereocenters. The van der Waals surface area contributed by atoms with Crippen molar-refractivity contribution in [3.63, 3.8) is 0 Å². The lowest BCUT2D eigenvalue weighted by atomic mass is 10.3. The summed E-state index contributed by atoms with van der Waals surface area (Å²) in [5.41, 5.74) is 2.08. The number of fused-ring (bicyclic) bond motifs is 1. The second-order valence-electron chi connectivity index (χ2n) is 6.52. The predicted molar refractivity (Wildman–Crippen MR) is 92.0 cm³/mol. The van der Waals surface area contributed by atoms with Crippen molar-refractivity contribution in [2.75, 3.05) is 31.2 Å². The third-order valence-corrected chi connectivity index (χ3v) is 4.77. The summed E-state index contributed by atoms with van der Waals surface area (Å²) in [6, 6.07) is 5.51. The van der Waals surface area contributed by atoms with Crippen LogP contribution in [0.3, 0.4) is 0 Å². The maximum atomic E-state index is 14.2. The van der Waals surface area contributed by atoms with E-state index in [0.717, 1.165) is 42.8 Å². The molecule has 0 atom stereocenters. The monoisotopic (exact) mass is 339 g/mol. The number of nitrogens with zero attached hydrogens (tertiary/aromatic N) is 5. The maximum Gasteiger partial charge on any atom is 0.225 e. The van der Waals surface area contributed by atoms with Gasteiger partial charge in [-0.3, -0.25) is 0 Å². The minimum atomic E-state index is -0.288. The average Bonchev–Trinajstić information content (AvgIpc) is 3.42. The summed E-state index contributed by atoms with van der Waals surface area (Å²) in [7, 11) is 0. The lowest BCUT2D eigenvalue weighted by Gasteiger charge is -2.26. The highest BCUT2D eigenvalue weighted by molar-refractivity contribution is 5.81. The molecule has 1 saturated heterocycles. The molecule has 1 aromatic carbocycles. The molecule has 1 aliphatic carbocycles. The molecule has 2 aliphatic rings. The number of rotatable bonds is 3. The highest BCUT2D eigenvalue weighted by Crippen LogP contribution is 2.41. The molecule has 0 spiro atoms. The molecule has 5 rings (SSSR count). The zero-order valence-electron chi connectivity index (χ0n) is 13.7. The molecular formula is C18H18FN5O. The Morgan fingerprint density at radius 3 is 2.56 bits per heavy atom. The van der Waals surface area contributed by atoms with Gasteiger partial charge in [-0.1, -0.05) is 6.07 Å². The van der Waals surface area contributed by atoms with Crippen molar-refractivity contribution in [3.8, 4) is 11.4 Å². The van der Waals surface area contributed by atoms with Crippen molar-refractivity contribution < 1.29 is 9.13 Å². The first-order valence-corrected chi connectivity index (χ1v) is 8.63. The molecule has 1 aliphatic heterocycles. The van der Waals surface area contributed by atoms with Crippen molar-refractivity contribution >= 4 is 17.0 Å². The Bertz CT molecular complexity index is 913. The van der Waals surface area contributed by atoms with Crippen LogP contribution in [-0.4, -0.2) is 45.8 Å². The Hall–Kier alpha value is -2.54.